The molecule has 11 heteroatoms. The van der Waals surface area contributed by atoms with Crippen LogP contribution in [0.15, 0.2) is 41.3 Å². The molecule has 0 spiro atoms. The van der Waals surface area contributed by atoms with E-state index in [2.05, 4.69) is 14.9 Å². The third-order valence-electron chi connectivity index (χ3n) is 5.95. The van der Waals surface area contributed by atoms with E-state index in [9.17, 15) is 22.4 Å². The minimum Gasteiger partial charge on any atom is -0.473 e. The topological polar surface area (TPSA) is 69.5 Å². The molecule has 0 bridgehead atoms. The first-order valence-electron chi connectivity index (χ1n) is 10.7. The predicted molar refractivity (Wildman–Crippen MR) is 114 cm³/mol. The summed E-state index contributed by atoms with van der Waals surface area (Å²) in [7, 11) is 0. The highest BCUT2D eigenvalue weighted by Gasteiger charge is 2.34. The number of rotatable bonds is 5. The lowest BCUT2D eigenvalue weighted by Gasteiger charge is -2.17. The van der Waals surface area contributed by atoms with Gasteiger partial charge in [-0.05, 0) is 49.1 Å². The Morgan fingerprint density at radius 3 is 2.79 bits per heavy atom. The summed E-state index contributed by atoms with van der Waals surface area (Å²) < 4.78 is 66.1. The molecule has 3 aromatic rings. The zero-order valence-corrected chi connectivity index (χ0v) is 18.1. The largest absolute Gasteiger partial charge is 0.473 e. The number of benzene rings is 1. The first-order chi connectivity index (χ1) is 16.2. The van der Waals surface area contributed by atoms with Gasteiger partial charge in [0.1, 0.15) is 23.9 Å². The number of ether oxygens (including phenoxy) is 2. The lowest BCUT2D eigenvalue weighted by molar-refractivity contribution is -0.141. The van der Waals surface area contributed by atoms with Crippen LogP contribution in [-0.4, -0.2) is 27.1 Å². The molecular formula is C23H20F4N4O3. The number of hydrogen-bond donors (Lipinski definition) is 0. The minimum absolute atomic E-state index is 0.0508. The molecule has 178 valence electrons. The van der Waals surface area contributed by atoms with Crippen molar-refractivity contribution in [3.63, 3.8) is 0 Å². The molecule has 0 aliphatic carbocycles. The average Bonchev–Trinajstić information content (AvgIpc) is 3.37. The fourth-order valence-corrected chi connectivity index (χ4v) is 4.41. The van der Waals surface area contributed by atoms with Crippen molar-refractivity contribution in [1.82, 2.24) is 14.5 Å². The number of alkyl halides is 3. The van der Waals surface area contributed by atoms with Gasteiger partial charge in [-0.15, -0.1) is 0 Å². The van der Waals surface area contributed by atoms with E-state index in [1.54, 1.807) is 23.6 Å². The molecule has 0 radical (unpaired) electrons. The number of halogens is 4. The van der Waals surface area contributed by atoms with E-state index in [0.29, 0.717) is 29.8 Å². The van der Waals surface area contributed by atoms with Gasteiger partial charge in [-0.25, -0.2) is 9.18 Å². The maximum absolute atomic E-state index is 14.8. The van der Waals surface area contributed by atoms with Crippen LogP contribution in [0.4, 0.5) is 23.4 Å². The third kappa shape index (κ3) is 4.17. The fraction of sp³-hybridized carbons (Fsp3) is 0.348. The molecular weight excluding hydrogens is 456 g/mol. The van der Waals surface area contributed by atoms with Crippen LogP contribution >= 0.6 is 0 Å². The van der Waals surface area contributed by atoms with Crippen molar-refractivity contribution in [2.75, 3.05) is 11.4 Å². The highest BCUT2D eigenvalue weighted by atomic mass is 19.4. The number of fused-ring (bicyclic) bond motifs is 3. The maximum atomic E-state index is 14.8. The van der Waals surface area contributed by atoms with E-state index in [-0.39, 0.29) is 29.7 Å². The van der Waals surface area contributed by atoms with Crippen LogP contribution in [0.5, 0.6) is 17.4 Å². The number of pyridine rings is 1. The molecule has 34 heavy (non-hydrogen) atoms. The smallest absolute Gasteiger partial charge is 0.433 e. The van der Waals surface area contributed by atoms with Gasteiger partial charge < -0.3 is 14.4 Å². The van der Waals surface area contributed by atoms with Gasteiger partial charge in [0.2, 0.25) is 5.88 Å². The van der Waals surface area contributed by atoms with Gasteiger partial charge in [0, 0.05) is 37.5 Å². The molecule has 4 heterocycles. The maximum Gasteiger partial charge on any atom is 0.433 e. The van der Waals surface area contributed by atoms with E-state index in [1.807, 2.05) is 0 Å². The molecule has 1 atom stereocenters. The van der Waals surface area contributed by atoms with Crippen molar-refractivity contribution < 1.29 is 27.0 Å². The van der Waals surface area contributed by atoms with Gasteiger partial charge in [-0.3, -0.25) is 9.55 Å². The fourth-order valence-electron chi connectivity index (χ4n) is 4.41. The second-order valence-corrected chi connectivity index (χ2v) is 8.32. The summed E-state index contributed by atoms with van der Waals surface area (Å²) in [5, 5.41) is 0. The molecule has 5 rings (SSSR count). The second-order valence-electron chi connectivity index (χ2n) is 8.32. The molecule has 2 aliphatic rings. The molecule has 1 aromatic carbocycles. The molecule has 0 unspecified atom stereocenters. The summed E-state index contributed by atoms with van der Waals surface area (Å²) in [6.45, 7) is 3.02. The zero-order chi connectivity index (χ0) is 24.0. The average molecular weight is 476 g/mol. The zero-order valence-electron chi connectivity index (χ0n) is 18.1. The summed E-state index contributed by atoms with van der Waals surface area (Å²) in [5.41, 5.74) is -0.699. The van der Waals surface area contributed by atoms with Crippen LogP contribution < -0.4 is 20.1 Å². The van der Waals surface area contributed by atoms with Gasteiger partial charge in [0.05, 0.1) is 0 Å². The molecule has 0 amide bonds. The Bertz CT molecular complexity index is 1290. The van der Waals surface area contributed by atoms with Gasteiger partial charge in [0.25, 0.3) is 0 Å². The first kappa shape index (κ1) is 22.2. The van der Waals surface area contributed by atoms with Crippen molar-refractivity contribution in [2.24, 2.45) is 0 Å². The van der Waals surface area contributed by atoms with E-state index >= 15 is 0 Å². The van der Waals surface area contributed by atoms with E-state index in [0.717, 1.165) is 31.4 Å². The van der Waals surface area contributed by atoms with Crippen LogP contribution in [0.25, 0.3) is 0 Å². The van der Waals surface area contributed by atoms with Crippen LogP contribution in [0.2, 0.25) is 0 Å². The predicted octanol–water partition coefficient (Wildman–Crippen LogP) is 4.46. The van der Waals surface area contributed by atoms with Gasteiger partial charge in [0.15, 0.2) is 11.6 Å². The Morgan fingerprint density at radius 2 is 2.03 bits per heavy atom. The van der Waals surface area contributed by atoms with Gasteiger partial charge >= 0.3 is 11.9 Å². The number of hydrogen-bond acceptors (Lipinski definition) is 6. The Hall–Kier alpha value is -3.63. The van der Waals surface area contributed by atoms with Crippen LogP contribution in [0, 0.1) is 12.7 Å². The number of aryl methyl sites for hydroxylation is 1. The minimum atomic E-state index is -4.64. The Morgan fingerprint density at radius 1 is 1.21 bits per heavy atom. The first-order valence-corrected chi connectivity index (χ1v) is 10.7. The monoisotopic (exact) mass is 476 g/mol. The lowest BCUT2D eigenvalue weighted by Crippen LogP contribution is -2.24. The summed E-state index contributed by atoms with van der Waals surface area (Å²) in [4.78, 5) is 21.8. The van der Waals surface area contributed by atoms with Gasteiger partial charge in [-0.1, -0.05) is 0 Å². The highest BCUT2D eigenvalue weighted by Crippen LogP contribution is 2.35. The Labute approximate surface area is 191 Å². The van der Waals surface area contributed by atoms with E-state index < -0.39 is 17.7 Å². The third-order valence-corrected chi connectivity index (χ3v) is 5.95. The van der Waals surface area contributed by atoms with Crippen molar-refractivity contribution in [3.8, 4) is 17.4 Å². The van der Waals surface area contributed by atoms with Crippen molar-refractivity contribution in [3.05, 3.63) is 69.7 Å². The Kier molecular flexibility index (Phi) is 5.41. The van der Waals surface area contributed by atoms with Gasteiger partial charge in [-0.2, -0.15) is 18.2 Å². The highest BCUT2D eigenvalue weighted by molar-refractivity contribution is 5.48. The number of aromatic nitrogens is 3. The summed E-state index contributed by atoms with van der Waals surface area (Å²) in [5.74, 6) is -0.211. The molecule has 0 N–H and O–H groups in total. The van der Waals surface area contributed by atoms with Crippen molar-refractivity contribution >= 4 is 5.82 Å². The molecule has 1 fully saturated rings. The SMILES string of the molecule is Cc1cc(COc2cc3n(c(=O)n2)C[C@H]2CCCN32)cc(F)c1Oc1ccnc(C(F)(F)F)c1. The standard InChI is InChI=1S/C23H20F4N4O3/c1-13-7-14(8-17(24)21(13)34-16-4-5-28-18(9-16)23(25,26)27)12-33-19-10-20-30-6-2-3-15(30)11-31(20)22(32)29-19/h4-5,7-10,15H,2-3,6,11-12H2,1H3/t15-/m1/s1. The summed E-state index contributed by atoms with van der Waals surface area (Å²) in [6.07, 6.45) is -1.59. The Balaban J connectivity index is 1.32. The van der Waals surface area contributed by atoms with Crippen LogP contribution in [0.1, 0.15) is 29.7 Å². The quantitative estimate of drug-likeness (QED) is 0.507. The molecule has 0 saturated carbocycles. The summed E-state index contributed by atoms with van der Waals surface area (Å²) in [6, 6.07) is 6.72. The van der Waals surface area contributed by atoms with E-state index in [1.165, 1.54) is 12.1 Å². The summed E-state index contributed by atoms with van der Waals surface area (Å²) >= 11 is 0. The van der Waals surface area contributed by atoms with Crippen molar-refractivity contribution in [2.45, 2.75) is 45.1 Å². The molecule has 1 saturated heterocycles. The molecule has 2 aromatic heterocycles. The molecule has 2 aliphatic heterocycles. The van der Waals surface area contributed by atoms with Crippen LogP contribution in [-0.2, 0) is 19.3 Å². The molecule has 7 nitrogen and oxygen atoms in total. The number of anilines is 1. The van der Waals surface area contributed by atoms with E-state index in [4.69, 9.17) is 9.47 Å². The number of nitrogens with zero attached hydrogens (tertiary/aromatic N) is 4. The lowest BCUT2D eigenvalue weighted by atomic mass is 10.1. The normalized spacial score (nSPS) is 17.0. The van der Waals surface area contributed by atoms with Crippen LogP contribution in [0.3, 0.4) is 0 Å². The second kappa shape index (κ2) is 8.30. The van der Waals surface area contributed by atoms with Crippen molar-refractivity contribution in [1.29, 1.82) is 0 Å².